The third-order valence-corrected chi connectivity index (χ3v) is 6.86. The quantitative estimate of drug-likeness (QED) is 0.690. The largest absolute Gasteiger partial charge is 0.341 e. The van der Waals surface area contributed by atoms with Crippen LogP contribution >= 0.6 is 0 Å². The van der Waals surface area contributed by atoms with Crippen LogP contribution in [0.3, 0.4) is 0 Å². The van der Waals surface area contributed by atoms with Crippen molar-refractivity contribution in [2.24, 2.45) is 4.99 Å². The zero-order valence-corrected chi connectivity index (χ0v) is 16.0. The van der Waals surface area contributed by atoms with E-state index < -0.39 is 0 Å². The van der Waals surface area contributed by atoms with Gasteiger partial charge < -0.3 is 4.57 Å². The van der Waals surface area contributed by atoms with Crippen LogP contribution < -0.4 is 0 Å². The van der Waals surface area contributed by atoms with Crippen molar-refractivity contribution >= 4 is 17.1 Å². The molecule has 2 atom stereocenters. The fourth-order valence-electron chi connectivity index (χ4n) is 5.35. The third kappa shape index (κ3) is 2.20. The molecule has 0 spiro atoms. The minimum atomic E-state index is -0.309. The number of hydrogen-bond acceptors (Lipinski definition) is 3. The lowest BCUT2D eigenvalue weighted by atomic mass is 9.94. The molecule has 0 bridgehead atoms. The van der Waals surface area contributed by atoms with E-state index in [4.69, 9.17) is 0 Å². The monoisotopic (exact) mass is 374 g/mol. The van der Waals surface area contributed by atoms with E-state index >= 15 is 4.39 Å². The van der Waals surface area contributed by atoms with Gasteiger partial charge in [-0.25, -0.2) is 4.39 Å². The highest BCUT2D eigenvalue weighted by Gasteiger charge is 2.42. The molecule has 2 aromatic heterocycles. The van der Waals surface area contributed by atoms with Gasteiger partial charge in [0.05, 0.1) is 12.1 Å². The summed E-state index contributed by atoms with van der Waals surface area (Å²) in [5, 5.41) is 0.845. The molecule has 0 radical (unpaired) electrons. The van der Waals surface area contributed by atoms with Gasteiger partial charge in [0.1, 0.15) is 11.4 Å². The second kappa shape index (κ2) is 5.74. The Morgan fingerprint density at radius 2 is 2.00 bits per heavy atom. The molecule has 5 heteroatoms. The van der Waals surface area contributed by atoms with Crippen molar-refractivity contribution in [3.05, 3.63) is 64.9 Å². The Bertz CT molecular complexity index is 1110. The second-order valence-electron chi connectivity index (χ2n) is 8.40. The number of rotatable bonds is 3. The molecule has 28 heavy (non-hydrogen) atoms. The Kier molecular flexibility index (Phi) is 3.37. The number of aryl methyl sites for hydroxylation is 1. The summed E-state index contributed by atoms with van der Waals surface area (Å²) in [6.45, 7) is 4.81. The van der Waals surface area contributed by atoms with Gasteiger partial charge in [-0.15, -0.1) is 0 Å². The number of pyridine rings is 1. The fourth-order valence-corrected chi connectivity index (χ4v) is 5.35. The highest BCUT2D eigenvalue weighted by Crippen LogP contribution is 2.46. The lowest BCUT2D eigenvalue weighted by Gasteiger charge is -2.31. The van der Waals surface area contributed by atoms with Crippen LogP contribution in [0.2, 0.25) is 0 Å². The van der Waals surface area contributed by atoms with Crippen LogP contribution in [0.4, 0.5) is 4.39 Å². The molecule has 5 heterocycles. The molecule has 3 aliphatic rings. The first-order valence-corrected chi connectivity index (χ1v) is 10.2. The summed E-state index contributed by atoms with van der Waals surface area (Å²) in [4.78, 5) is 11.3. The summed E-state index contributed by atoms with van der Waals surface area (Å²) >= 11 is 0. The van der Waals surface area contributed by atoms with Crippen LogP contribution in [0.1, 0.15) is 41.3 Å². The molecule has 4 nitrogen and oxygen atoms in total. The van der Waals surface area contributed by atoms with Gasteiger partial charge in [0.25, 0.3) is 0 Å². The number of nitrogens with zero attached hydrogens (tertiary/aromatic N) is 4. The van der Waals surface area contributed by atoms with Crippen molar-refractivity contribution in [3.63, 3.8) is 0 Å². The maximum absolute atomic E-state index is 15.4. The number of halogens is 1. The molecule has 3 aliphatic heterocycles. The smallest absolute Gasteiger partial charge is 0.138 e. The van der Waals surface area contributed by atoms with E-state index in [9.17, 15) is 0 Å². The summed E-state index contributed by atoms with van der Waals surface area (Å²) < 4.78 is 17.7. The maximum atomic E-state index is 15.4. The van der Waals surface area contributed by atoms with Gasteiger partial charge in [-0.3, -0.25) is 14.9 Å². The SMILES string of the molecule is Cc1ccc2c(c1F)c1c(n2CC2(c3ccncc3)C=N2)CCN2CCCC12. The van der Waals surface area contributed by atoms with Crippen LogP contribution in [-0.2, 0) is 18.5 Å². The molecule has 142 valence electrons. The lowest BCUT2D eigenvalue weighted by molar-refractivity contribution is 0.241. The highest BCUT2D eigenvalue weighted by molar-refractivity contribution is 5.90. The average molecular weight is 374 g/mol. The van der Waals surface area contributed by atoms with Gasteiger partial charge in [-0.1, -0.05) is 6.07 Å². The second-order valence-corrected chi connectivity index (χ2v) is 8.40. The van der Waals surface area contributed by atoms with Gasteiger partial charge >= 0.3 is 0 Å². The van der Waals surface area contributed by atoms with Crippen molar-refractivity contribution in [2.45, 2.75) is 44.3 Å². The normalized spacial score (nSPS) is 25.9. The molecular weight excluding hydrogens is 351 g/mol. The number of benzene rings is 1. The Hall–Kier alpha value is -2.53. The molecule has 0 N–H and O–H groups in total. The summed E-state index contributed by atoms with van der Waals surface area (Å²) in [6, 6.07) is 8.46. The number of hydrogen-bond donors (Lipinski definition) is 0. The maximum Gasteiger partial charge on any atom is 0.138 e. The van der Waals surface area contributed by atoms with E-state index in [2.05, 4.69) is 25.5 Å². The first kappa shape index (κ1) is 16.4. The summed E-state index contributed by atoms with van der Waals surface area (Å²) in [5.74, 6) is -0.0454. The van der Waals surface area contributed by atoms with E-state index in [-0.39, 0.29) is 11.4 Å². The van der Waals surface area contributed by atoms with Crippen molar-refractivity contribution in [3.8, 4) is 0 Å². The Labute approximate surface area is 163 Å². The molecule has 2 unspecified atom stereocenters. The molecule has 1 aromatic carbocycles. The molecule has 3 aromatic rings. The summed E-state index contributed by atoms with van der Waals surface area (Å²) in [5.41, 5.74) is 5.15. The fraction of sp³-hybridized carbons (Fsp3) is 0.391. The predicted octanol–water partition coefficient (Wildman–Crippen LogP) is 4.16. The number of aliphatic imine (C=N–C) groups is 1. The van der Waals surface area contributed by atoms with Gasteiger partial charge in [-0.2, -0.15) is 0 Å². The molecular formula is C23H23FN4. The topological polar surface area (TPSA) is 33.4 Å². The molecule has 1 fully saturated rings. The Morgan fingerprint density at radius 3 is 2.79 bits per heavy atom. The first-order valence-electron chi connectivity index (χ1n) is 10.2. The minimum absolute atomic E-state index is 0.0454. The van der Waals surface area contributed by atoms with E-state index in [1.54, 1.807) is 0 Å². The van der Waals surface area contributed by atoms with Crippen LogP contribution in [0, 0.1) is 12.7 Å². The van der Waals surface area contributed by atoms with Crippen molar-refractivity contribution < 1.29 is 4.39 Å². The average Bonchev–Trinajstić information content (AvgIpc) is 3.22. The van der Waals surface area contributed by atoms with Crippen LogP contribution in [0.15, 0.2) is 41.7 Å². The number of fused-ring (bicyclic) bond motifs is 5. The van der Waals surface area contributed by atoms with Crippen LogP contribution in [-0.4, -0.2) is 33.8 Å². The van der Waals surface area contributed by atoms with E-state index in [0.29, 0.717) is 6.04 Å². The van der Waals surface area contributed by atoms with E-state index in [1.807, 2.05) is 43.7 Å². The predicted molar refractivity (Wildman–Crippen MR) is 108 cm³/mol. The van der Waals surface area contributed by atoms with Crippen LogP contribution in [0.5, 0.6) is 0 Å². The molecule has 0 aliphatic carbocycles. The van der Waals surface area contributed by atoms with Crippen LogP contribution in [0.25, 0.3) is 10.9 Å². The standard InChI is InChI=1S/C23H23FN4/c1-15-4-5-18-21(22(15)24)20-17-3-2-11-27(17)12-8-19(20)28(18)14-23(13-26-23)16-6-9-25-10-7-16/h4-7,9-10,13,17H,2-3,8,11-12,14H2,1H3. The van der Waals surface area contributed by atoms with Gasteiger partial charge in [0.2, 0.25) is 0 Å². The Morgan fingerprint density at radius 1 is 1.18 bits per heavy atom. The first-order chi connectivity index (χ1) is 13.7. The summed E-state index contributed by atoms with van der Waals surface area (Å²) in [7, 11) is 0. The van der Waals surface area contributed by atoms with E-state index in [0.717, 1.165) is 54.5 Å². The number of aromatic nitrogens is 2. The summed E-state index contributed by atoms with van der Waals surface area (Å²) in [6.07, 6.45) is 8.98. The molecule has 1 saturated heterocycles. The molecule has 0 amide bonds. The molecule has 6 rings (SSSR count). The van der Waals surface area contributed by atoms with Gasteiger partial charge in [0, 0.05) is 54.3 Å². The Balaban J connectivity index is 1.55. The minimum Gasteiger partial charge on any atom is -0.341 e. The van der Waals surface area contributed by atoms with E-state index in [1.165, 1.54) is 17.7 Å². The lowest BCUT2D eigenvalue weighted by Crippen LogP contribution is -2.32. The van der Waals surface area contributed by atoms with Crippen molar-refractivity contribution in [2.75, 3.05) is 13.1 Å². The van der Waals surface area contributed by atoms with Gasteiger partial charge in [0.15, 0.2) is 0 Å². The molecule has 0 saturated carbocycles. The van der Waals surface area contributed by atoms with Crippen molar-refractivity contribution in [1.29, 1.82) is 0 Å². The van der Waals surface area contributed by atoms with Crippen molar-refractivity contribution in [1.82, 2.24) is 14.5 Å². The van der Waals surface area contributed by atoms with Gasteiger partial charge in [-0.05, 0) is 55.6 Å². The zero-order valence-electron chi connectivity index (χ0n) is 16.0. The zero-order chi connectivity index (χ0) is 18.9. The highest BCUT2D eigenvalue weighted by atomic mass is 19.1. The third-order valence-electron chi connectivity index (χ3n) is 6.86.